The van der Waals surface area contributed by atoms with Crippen LogP contribution in [0.3, 0.4) is 0 Å². The van der Waals surface area contributed by atoms with Crippen molar-refractivity contribution in [2.45, 2.75) is 6.61 Å². The highest BCUT2D eigenvalue weighted by molar-refractivity contribution is 7.13. The van der Waals surface area contributed by atoms with Crippen molar-refractivity contribution in [3.05, 3.63) is 50.9 Å². The second-order valence-corrected chi connectivity index (χ2v) is 5.01. The fraction of sp³-hybridized carbons (Fsp3) is 0.0833. The number of rotatable bonds is 4. The molecule has 0 fully saturated rings. The zero-order chi connectivity index (χ0) is 13.1. The Labute approximate surface area is 111 Å². The minimum absolute atomic E-state index is 0.154. The maximum Gasteiger partial charge on any atom is 0.345 e. The summed E-state index contributed by atoms with van der Waals surface area (Å²) < 4.78 is 18.3. The van der Waals surface area contributed by atoms with Gasteiger partial charge in [-0.05, 0) is 24.3 Å². The van der Waals surface area contributed by atoms with Crippen LogP contribution < -0.4 is 4.74 Å². The number of hydrogen-bond donors (Lipinski definition) is 1. The van der Waals surface area contributed by atoms with Gasteiger partial charge >= 0.3 is 5.97 Å². The number of hydrogen-bond acceptors (Lipinski definition) is 3. The van der Waals surface area contributed by atoms with E-state index < -0.39 is 11.8 Å². The molecule has 0 spiro atoms. The van der Waals surface area contributed by atoms with Gasteiger partial charge in [0.15, 0.2) is 0 Å². The highest BCUT2D eigenvalue weighted by atomic mass is 35.5. The van der Waals surface area contributed by atoms with Gasteiger partial charge in [-0.1, -0.05) is 11.6 Å². The molecule has 0 atom stereocenters. The summed E-state index contributed by atoms with van der Waals surface area (Å²) in [7, 11) is 0. The largest absolute Gasteiger partial charge is 0.486 e. The van der Waals surface area contributed by atoms with Crippen molar-refractivity contribution in [2.24, 2.45) is 0 Å². The minimum Gasteiger partial charge on any atom is -0.486 e. The molecule has 1 N–H and O–H groups in total. The topological polar surface area (TPSA) is 46.5 Å². The Kier molecular flexibility index (Phi) is 3.84. The average Bonchev–Trinajstić information content (AvgIpc) is 2.79. The average molecular weight is 287 g/mol. The predicted molar refractivity (Wildman–Crippen MR) is 67.0 cm³/mol. The number of aromatic carboxylic acids is 1. The molecule has 0 aliphatic rings. The third kappa shape index (κ3) is 3.00. The normalized spacial score (nSPS) is 10.3. The van der Waals surface area contributed by atoms with E-state index in [0.717, 1.165) is 16.2 Å². The SMILES string of the molecule is O=C(O)c1ccc(COc2cc(F)ccc2Cl)s1. The van der Waals surface area contributed by atoms with E-state index in [1.165, 1.54) is 24.3 Å². The Morgan fingerprint density at radius 3 is 2.83 bits per heavy atom. The molecule has 0 saturated carbocycles. The molecule has 2 rings (SSSR count). The van der Waals surface area contributed by atoms with Crippen LogP contribution in [0.15, 0.2) is 30.3 Å². The second-order valence-electron chi connectivity index (χ2n) is 3.43. The highest BCUT2D eigenvalue weighted by Crippen LogP contribution is 2.27. The number of carbonyl (C=O) groups is 1. The van der Waals surface area contributed by atoms with Crippen LogP contribution in [0.2, 0.25) is 5.02 Å². The van der Waals surface area contributed by atoms with Crippen molar-refractivity contribution in [1.82, 2.24) is 0 Å². The molecular formula is C12H8ClFO3S. The molecule has 0 aliphatic heterocycles. The second kappa shape index (κ2) is 5.37. The van der Waals surface area contributed by atoms with Crippen LogP contribution >= 0.6 is 22.9 Å². The first-order valence-corrected chi connectivity index (χ1v) is 6.15. The van der Waals surface area contributed by atoms with E-state index in [2.05, 4.69) is 0 Å². The van der Waals surface area contributed by atoms with Crippen LogP contribution in [0.4, 0.5) is 4.39 Å². The van der Waals surface area contributed by atoms with Crippen molar-refractivity contribution in [3.63, 3.8) is 0 Å². The lowest BCUT2D eigenvalue weighted by molar-refractivity contribution is 0.0702. The summed E-state index contributed by atoms with van der Waals surface area (Å²) >= 11 is 6.94. The molecule has 1 heterocycles. The molecule has 6 heteroatoms. The van der Waals surface area contributed by atoms with Gasteiger partial charge in [-0.15, -0.1) is 11.3 Å². The van der Waals surface area contributed by atoms with Gasteiger partial charge in [0.2, 0.25) is 0 Å². The summed E-state index contributed by atoms with van der Waals surface area (Å²) in [5.74, 6) is -1.18. The van der Waals surface area contributed by atoms with E-state index in [9.17, 15) is 9.18 Å². The number of carboxylic acids is 1. The monoisotopic (exact) mass is 286 g/mol. The maximum atomic E-state index is 13.0. The van der Waals surface area contributed by atoms with Crippen LogP contribution in [0.25, 0.3) is 0 Å². The highest BCUT2D eigenvalue weighted by Gasteiger charge is 2.08. The Hall–Kier alpha value is -1.59. The molecule has 0 unspecified atom stereocenters. The van der Waals surface area contributed by atoms with Crippen LogP contribution in [0.1, 0.15) is 14.5 Å². The van der Waals surface area contributed by atoms with Gasteiger partial charge in [0.05, 0.1) is 5.02 Å². The number of thiophene rings is 1. The minimum atomic E-state index is -0.977. The van der Waals surface area contributed by atoms with Gasteiger partial charge in [-0.3, -0.25) is 0 Å². The van der Waals surface area contributed by atoms with Crippen LogP contribution in [0.5, 0.6) is 5.75 Å². The summed E-state index contributed by atoms with van der Waals surface area (Å²) in [6.45, 7) is 0.154. The third-order valence-corrected chi connectivity index (χ3v) is 3.49. The van der Waals surface area contributed by atoms with Crippen LogP contribution in [-0.2, 0) is 6.61 Å². The zero-order valence-electron chi connectivity index (χ0n) is 9.02. The van der Waals surface area contributed by atoms with E-state index >= 15 is 0 Å². The van der Waals surface area contributed by atoms with Gasteiger partial charge in [0.1, 0.15) is 23.1 Å². The molecule has 2 aromatic rings. The van der Waals surface area contributed by atoms with Crippen molar-refractivity contribution >= 4 is 28.9 Å². The number of halogens is 2. The van der Waals surface area contributed by atoms with E-state index in [-0.39, 0.29) is 17.2 Å². The first kappa shape index (κ1) is 12.9. The number of carboxylic acid groups (broad SMARTS) is 1. The molecule has 0 aliphatic carbocycles. The maximum absolute atomic E-state index is 13.0. The summed E-state index contributed by atoms with van der Waals surface area (Å²) in [6.07, 6.45) is 0. The Balaban J connectivity index is 2.06. The Morgan fingerprint density at radius 2 is 2.17 bits per heavy atom. The van der Waals surface area contributed by atoms with Gasteiger partial charge in [0.25, 0.3) is 0 Å². The molecule has 3 nitrogen and oxygen atoms in total. The van der Waals surface area contributed by atoms with Gasteiger partial charge in [0, 0.05) is 10.9 Å². The van der Waals surface area contributed by atoms with E-state index in [1.54, 1.807) is 6.07 Å². The van der Waals surface area contributed by atoms with Crippen LogP contribution in [0, 0.1) is 5.82 Å². The van der Waals surface area contributed by atoms with E-state index in [4.69, 9.17) is 21.4 Å². The third-order valence-electron chi connectivity index (χ3n) is 2.14. The fourth-order valence-corrected chi connectivity index (χ4v) is 2.24. The molecule has 18 heavy (non-hydrogen) atoms. The summed E-state index contributed by atoms with van der Waals surface area (Å²) in [6, 6.07) is 6.99. The molecule has 0 saturated heterocycles. The predicted octanol–water partition coefficient (Wildman–Crippen LogP) is 3.82. The lowest BCUT2D eigenvalue weighted by Gasteiger charge is -2.06. The summed E-state index contributed by atoms with van der Waals surface area (Å²) in [5, 5.41) is 9.07. The van der Waals surface area contributed by atoms with Crippen molar-refractivity contribution in [3.8, 4) is 5.75 Å². The Bertz CT molecular complexity index is 582. The van der Waals surface area contributed by atoms with Crippen LogP contribution in [-0.4, -0.2) is 11.1 Å². The number of benzene rings is 1. The zero-order valence-corrected chi connectivity index (χ0v) is 10.6. The quantitative estimate of drug-likeness (QED) is 0.929. The smallest absolute Gasteiger partial charge is 0.345 e. The van der Waals surface area contributed by atoms with Gasteiger partial charge in [-0.2, -0.15) is 0 Å². The van der Waals surface area contributed by atoms with Gasteiger partial charge < -0.3 is 9.84 Å². The van der Waals surface area contributed by atoms with Gasteiger partial charge in [-0.25, -0.2) is 9.18 Å². The first-order valence-electron chi connectivity index (χ1n) is 4.96. The Morgan fingerprint density at radius 1 is 1.39 bits per heavy atom. The lowest BCUT2D eigenvalue weighted by Crippen LogP contribution is -1.94. The van der Waals surface area contributed by atoms with Crippen molar-refractivity contribution < 1.29 is 19.0 Å². The van der Waals surface area contributed by atoms with Crippen molar-refractivity contribution in [2.75, 3.05) is 0 Å². The number of ether oxygens (including phenoxy) is 1. The molecule has 0 bridgehead atoms. The standard InChI is InChI=1S/C12H8ClFO3S/c13-9-3-1-7(14)5-10(9)17-6-8-2-4-11(18-8)12(15)16/h1-5H,6H2,(H,15,16). The molecular weight excluding hydrogens is 279 g/mol. The molecule has 1 aromatic heterocycles. The molecule has 0 amide bonds. The van der Waals surface area contributed by atoms with E-state index in [0.29, 0.717) is 5.02 Å². The first-order chi connectivity index (χ1) is 8.56. The summed E-state index contributed by atoms with van der Waals surface area (Å²) in [4.78, 5) is 11.7. The lowest BCUT2D eigenvalue weighted by atomic mass is 10.3. The van der Waals surface area contributed by atoms with E-state index in [1.807, 2.05) is 0 Å². The molecule has 94 valence electrons. The molecule has 0 radical (unpaired) electrons. The fourth-order valence-electron chi connectivity index (χ4n) is 1.31. The van der Waals surface area contributed by atoms with Crippen molar-refractivity contribution in [1.29, 1.82) is 0 Å². The summed E-state index contributed by atoms with van der Waals surface area (Å²) in [5.41, 5.74) is 0. The molecule has 1 aromatic carbocycles.